The van der Waals surface area contributed by atoms with E-state index in [-0.39, 0.29) is 11.6 Å². The fourth-order valence-electron chi connectivity index (χ4n) is 5.15. The lowest BCUT2D eigenvalue weighted by Gasteiger charge is -2.33. The standard InChI is InChI=1S/C30H33N5O3/c1-19(2)21-9-11-22(12-10-21)27-26(28(36)23-7-5-20(3)6-8-23)29(37)30(38)35(27)25-14-13-24(31-32-25)34-17-15-33(4)16-18-34/h5-14,19,26-27H,15-18H2,1-4H3. The van der Waals surface area contributed by atoms with Crippen molar-refractivity contribution in [1.82, 2.24) is 15.1 Å². The lowest BCUT2D eigenvalue weighted by molar-refractivity contribution is -0.135. The fraction of sp³-hybridized carbons (Fsp3) is 0.367. The average molecular weight is 512 g/mol. The first-order valence-corrected chi connectivity index (χ1v) is 13.1. The summed E-state index contributed by atoms with van der Waals surface area (Å²) in [4.78, 5) is 46.3. The predicted molar refractivity (Wildman–Crippen MR) is 147 cm³/mol. The van der Waals surface area contributed by atoms with Gasteiger partial charge in [0.25, 0.3) is 5.91 Å². The van der Waals surface area contributed by atoms with Crippen molar-refractivity contribution in [1.29, 1.82) is 0 Å². The van der Waals surface area contributed by atoms with E-state index in [0.29, 0.717) is 17.0 Å². The minimum absolute atomic E-state index is 0.262. The lowest BCUT2D eigenvalue weighted by atomic mass is 9.85. The summed E-state index contributed by atoms with van der Waals surface area (Å²) >= 11 is 0. The number of hydrogen-bond acceptors (Lipinski definition) is 7. The van der Waals surface area contributed by atoms with Crippen molar-refractivity contribution in [2.24, 2.45) is 5.92 Å². The molecule has 0 aliphatic carbocycles. The predicted octanol–water partition coefficient (Wildman–Crippen LogP) is 3.82. The van der Waals surface area contributed by atoms with Crippen molar-refractivity contribution in [2.75, 3.05) is 43.0 Å². The normalized spacial score (nSPS) is 20.4. The van der Waals surface area contributed by atoms with Crippen LogP contribution in [0.5, 0.6) is 0 Å². The van der Waals surface area contributed by atoms with Gasteiger partial charge in [-0.3, -0.25) is 19.3 Å². The number of amides is 1. The molecule has 3 heterocycles. The van der Waals surface area contributed by atoms with Crippen LogP contribution in [0.4, 0.5) is 11.6 Å². The van der Waals surface area contributed by atoms with Crippen molar-refractivity contribution < 1.29 is 14.4 Å². The molecular weight excluding hydrogens is 478 g/mol. The third-order valence-electron chi connectivity index (χ3n) is 7.58. The molecule has 2 aromatic carbocycles. The summed E-state index contributed by atoms with van der Waals surface area (Å²) in [5, 5.41) is 8.78. The molecule has 0 bridgehead atoms. The van der Waals surface area contributed by atoms with Crippen molar-refractivity contribution >= 4 is 29.1 Å². The molecule has 8 nitrogen and oxygen atoms in total. The summed E-state index contributed by atoms with van der Waals surface area (Å²) in [5.74, 6) is -1.69. The summed E-state index contributed by atoms with van der Waals surface area (Å²) in [6.07, 6.45) is 0. The highest BCUT2D eigenvalue weighted by Gasteiger charge is 2.53. The number of carbonyl (C=O) groups is 3. The summed E-state index contributed by atoms with van der Waals surface area (Å²) in [6, 6.07) is 17.6. The number of aromatic nitrogens is 2. The minimum Gasteiger partial charge on any atom is -0.353 e. The number of benzene rings is 2. The van der Waals surface area contributed by atoms with Gasteiger partial charge in [-0.2, -0.15) is 0 Å². The van der Waals surface area contributed by atoms with E-state index in [1.807, 2.05) is 49.4 Å². The molecule has 0 radical (unpaired) electrons. The van der Waals surface area contributed by atoms with Crippen LogP contribution in [0.2, 0.25) is 0 Å². The highest BCUT2D eigenvalue weighted by molar-refractivity contribution is 6.48. The van der Waals surface area contributed by atoms with Crippen LogP contribution in [0.15, 0.2) is 60.7 Å². The first-order valence-electron chi connectivity index (χ1n) is 13.1. The second-order valence-corrected chi connectivity index (χ2v) is 10.6. The number of Topliss-reactive ketones (excluding diaryl/α,β-unsaturated/α-hetero) is 2. The zero-order valence-corrected chi connectivity index (χ0v) is 22.3. The van der Waals surface area contributed by atoms with Crippen LogP contribution in [0, 0.1) is 12.8 Å². The Bertz CT molecular complexity index is 1330. The van der Waals surface area contributed by atoms with Gasteiger partial charge in [-0.25, -0.2) is 0 Å². The highest BCUT2D eigenvalue weighted by atomic mass is 16.2. The van der Waals surface area contributed by atoms with Gasteiger partial charge in [0.2, 0.25) is 5.78 Å². The Kier molecular flexibility index (Phi) is 7.08. The van der Waals surface area contributed by atoms with E-state index in [0.717, 1.165) is 43.1 Å². The van der Waals surface area contributed by atoms with Gasteiger partial charge >= 0.3 is 0 Å². The Morgan fingerprint density at radius 3 is 2.03 bits per heavy atom. The molecule has 2 unspecified atom stereocenters. The van der Waals surface area contributed by atoms with E-state index >= 15 is 0 Å². The molecule has 0 spiro atoms. The van der Waals surface area contributed by atoms with E-state index in [2.05, 4.69) is 40.9 Å². The Morgan fingerprint density at radius 2 is 1.45 bits per heavy atom. The van der Waals surface area contributed by atoms with Crippen molar-refractivity contribution in [3.05, 3.63) is 82.9 Å². The van der Waals surface area contributed by atoms with Gasteiger partial charge in [-0.1, -0.05) is 67.9 Å². The molecule has 196 valence electrons. The van der Waals surface area contributed by atoms with E-state index < -0.39 is 23.7 Å². The van der Waals surface area contributed by atoms with Gasteiger partial charge in [0, 0.05) is 31.7 Å². The maximum Gasteiger partial charge on any atom is 0.297 e. The zero-order valence-electron chi connectivity index (χ0n) is 22.3. The SMILES string of the molecule is Cc1ccc(C(=O)C2C(=O)C(=O)N(c3ccc(N4CCN(C)CC4)nn3)C2c2ccc(C(C)C)cc2)cc1. The maximum atomic E-state index is 13.7. The largest absolute Gasteiger partial charge is 0.353 e. The molecule has 8 heteroatoms. The minimum atomic E-state index is -1.17. The fourth-order valence-corrected chi connectivity index (χ4v) is 5.15. The Morgan fingerprint density at radius 1 is 0.842 bits per heavy atom. The van der Waals surface area contributed by atoms with Gasteiger partial charge < -0.3 is 9.80 Å². The van der Waals surface area contributed by atoms with Gasteiger partial charge in [0.15, 0.2) is 17.4 Å². The molecule has 2 saturated heterocycles. The Labute approximate surface area is 223 Å². The molecule has 0 saturated carbocycles. The summed E-state index contributed by atoms with van der Waals surface area (Å²) in [6.45, 7) is 9.67. The number of hydrogen-bond donors (Lipinski definition) is 0. The molecule has 0 N–H and O–H groups in total. The monoisotopic (exact) mass is 511 g/mol. The average Bonchev–Trinajstić information content (AvgIpc) is 3.19. The third-order valence-corrected chi connectivity index (χ3v) is 7.58. The number of carbonyl (C=O) groups excluding carboxylic acids is 3. The second kappa shape index (κ2) is 10.5. The van der Waals surface area contributed by atoms with E-state index in [1.54, 1.807) is 18.2 Å². The van der Waals surface area contributed by atoms with Gasteiger partial charge in [-0.05, 0) is 43.1 Å². The van der Waals surface area contributed by atoms with Gasteiger partial charge in [0.1, 0.15) is 5.92 Å². The van der Waals surface area contributed by atoms with Crippen LogP contribution in [0.3, 0.4) is 0 Å². The molecular formula is C30H33N5O3. The number of aryl methyl sites for hydroxylation is 1. The summed E-state index contributed by atoms with van der Waals surface area (Å²) in [5.41, 5.74) is 3.26. The van der Waals surface area contributed by atoms with Crippen LogP contribution in [-0.4, -0.2) is 65.8 Å². The molecule has 2 fully saturated rings. The Balaban J connectivity index is 1.53. The third kappa shape index (κ3) is 4.84. The summed E-state index contributed by atoms with van der Waals surface area (Å²) < 4.78 is 0. The molecule has 3 aromatic rings. The van der Waals surface area contributed by atoms with Crippen LogP contribution in [0.25, 0.3) is 0 Å². The number of nitrogens with zero attached hydrogens (tertiary/aromatic N) is 5. The van der Waals surface area contributed by atoms with Crippen molar-refractivity contribution in [3.8, 4) is 0 Å². The smallest absolute Gasteiger partial charge is 0.297 e. The molecule has 2 aliphatic rings. The number of rotatable bonds is 6. The Hall–Kier alpha value is -3.91. The number of ketones is 2. The molecule has 2 aliphatic heterocycles. The number of likely N-dealkylation sites (N-methyl/N-ethyl adjacent to an activating group) is 1. The first-order chi connectivity index (χ1) is 18.2. The molecule has 1 aromatic heterocycles. The highest BCUT2D eigenvalue weighted by Crippen LogP contribution is 2.41. The van der Waals surface area contributed by atoms with Crippen LogP contribution in [-0.2, 0) is 9.59 Å². The van der Waals surface area contributed by atoms with Crippen LogP contribution < -0.4 is 9.80 Å². The molecule has 1 amide bonds. The van der Waals surface area contributed by atoms with E-state index in [1.165, 1.54) is 4.90 Å². The van der Waals surface area contributed by atoms with Crippen LogP contribution >= 0.6 is 0 Å². The zero-order chi connectivity index (χ0) is 27.0. The maximum absolute atomic E-state index is 13.7. The lowest BCUT2D eigenvalue weighted by Crippen LogP contribution is -2.44. The molecule has 38 heavy (non-hydrogen) atoms. The van der Waals surface area contributed by atoms with E-state index in [9.17, 15) is 14.4 Å². The number of anilines is 2. The van der Waals surface area contributed by atoms with Gasteiger partial charge in [0.05, 0.1) is 6.04 Å². The van der Waals surface area contributed by atoms with Crippen molar-refractivity contribution in [2.45, 2.75) is 32.7 Å². The second-order valence-electron chi connectivity index (χ2n) is 10.6. The van der Waals surface area contributed by atoms with Crippen LogP contribution in [0.1, 0.15) is 52.9 Å². The van der Waals surface area contributed by atoms with Gasteiger partial charge in [-0.15, -0.1) is 10.2 Å². The topological polar surface area (TPSA) is 86.7 Å². The molecule has 2 atom stereocenters. The quantitative estimate of drug-likeness (QED) is 0.283. The first kappa shape index (κ1) is 25.7. The number of piperazine rings is 1. The van der Waals surface area contributed by atoms with E-state index in [4.69, 9.17) is 0 Å². The van der Waals surface area contributed by atoms with Crippen molar-refractivity contribution in [3.63, 3.8) is 0 Å². The summed E-state index contributed by atoms with van der Waals surface area (Å²) in [7, 11) is 2.09. The molecule has 5 rings (SSSR count).